The van der Waals surface area contributed by atoms with Gasteiger partial charge in [0.2, 0.25) is 0 Å². The first kappa shape index (κ1) is 33.7. The minimum Gasteiger partial charge on any atom is -0.392 e. The Hall–Kier alpha value is -4.82. The topological polar surface area (TPSA) is 151 Å². The van der Waals surface area contributed by atoms with Crippen LogP contribution < -0.4 is 21.8 Å². The van der Waals surface area contributed by atoms with Gasteiger partial charge in [-0.25, -0.2) is 9.97 Å². The van der Waals surface area contributed by atoms with Crippen molar-refractivity contribution in [2.45, 2.75) is 52.4 Å². The first-order valence-corrected chi connectivity index (χ1v) is 17.0. The van der Waals surface area contributed by atoms with Crippen molar-refractivity contribution < 1.29 is 14.9 Å². The van der Waals surface area contributed by atoms with Gasteiger partial charge in [0.1, 0.15) is 22.8 Å². The van der Waals surface area contributed by atoms with Crippen LogP contribution in [0.4, 0.5) is 17.2 Å². The van der Waals surface area contributed by atoms with Crippen LogP contribution >= 0.6 is 0 Å². The Morgan fingerprint density at radius 1 is 1.10 bits per heavy atom. The maximum Gasteiger partial charge on any atom is 0.280 e. The highest BCUT2D eigenvalue weighted by Gasteiger charge is 2.32. The molecular weight excluding hydrogens is 636 g/mol. The van der Waals surface area contributed by atoms with E-state index in [1.165, 1.54) is 20.4 Å². The molecule has 4 N–H and O–H groups in total. The zero-order valence-corrected chi connectivity index (χ0v) is 28.9. The lowest BCUT2D eigenvalue weighted by atomic mass is 9.90. The molecule has 50 heavy (non-hydrogen) atoms. The van der Waals surface area contributed by atoms with Crippen LogP contribution in [0.25, 0.3) is 22.5 Å². The molecule has 1 atom stereocenters. The molecule has 0 aromatic carbocycles. The van der Waals surface area contributed by atoms with E-state index in [1.54, 1.807) is 57.0 Å². The third kappa shape index (κ3) is 6.56. The van der Waals surface area contributed by atoms with Crippen LogP contribution in [0.3, 0.4) is 0 Å². The summed E-state index contributed by atoms with van der Waals surface area (Å²) in [5.74, 6) is 0.828. The maximum atomic E-state index is 13.8. The lowest BCUT2D eigenvalue weighted by molar-refractivity contribution is -0.0724. The Morgan fingerprint density at radius 3 is 2.62 bits per heavy atom. The molecule has 1 aliphatic heterocycles. The molecule has 1 unspecified atom stereocenters. The number of pyridine rings is 3. The number of aryl methyl sites for hydroxylation is 1. The maximum absolute atomic E-state index is 13.8. The van der Waals surface area contributed by atoms with E-state index >= 15 is 0 Å². The summed E-state index contributed by atoms with van der Waals surface area (Å²) < 4.78 is 10.3. The lowest BCUT2D eigenvalue weighted by Crippen LogP contribution is -2.52. The number of rotatable bonds is 12. The van der Waals surface area contributed by atoms with Crippen LogP contribution in [-0.4, -0.2) is 83.6 Å². The zero-order chi connectivity index (χ0) is 35.2. The Morgan fingerprint density at radius 2 is 1.92 bits per heavy atom. The van der Waals surface area contributed by atoms with Crippen molar-refractivity contribution in [2.75, 3.05) is 43.5 Å². The van der Waals surface area contributed by atoms with E-state index in [-0.39, 0.29) is 23.1 Å². The summed E-state index contributed by atoms with van der Waals surface area (Å²) in [7, 11) is 1.67. The summed E-state index contributed by atoms with van der Waals surface area (Å²) in [5.41, 5.74) is 5.55. The standard InChI is InChI=1S/C37H44N8O5/c1-23(47)18-43(27-21-50-22-27)10-9-38-26-5-6-33(40-17-26)41-30-13-25(19-42(4)35(30)48)28-7-8-39-34(29(28)20-46)45-12-11-44-31(36(45)49)14-24-15-37(2,3)16-32(24)44/h5-8,11-14,17,19,23,27,38,46-47H,9-10,15-16,18,20-22H2,1-4H3,(H,40,41). The van der Waals surface area contributed by atoms with E-state index in [1.807, 2.05) is 22.7 Å². The van der Waals surface area contributed by atoms with Gasteiger partial charge in [0, 0.05) is 68.3 Å². The van der Waals surface area contributed by atoms with E-state index < -0.39 is 6.10 Å². The number of aromatic nitrogens is 5. The summed E-state index contributed by atoms with van der Waals surface area (Å²) in [6.45, 7) is 9.28. The number of aliphatic hydroxyl groups is 2. The first-order chi connectivity index (χ1) is 24.0. The van der Waals surface area contributed by atoms with Gasteiger partial charge < -0.3 is 34.6 Å². The summed E-state index contributed by atoms with van der Waals surface area (Å²) in [6.07, 6.45) is 10.0. The van der Waals surface area contributed by atoms with Gasteiger partial charge in [0.05, 0.1) is 43.9 Å². The molecule has 262 valence electrons. The molecule has 13 nitrogen and oxygen atoms in total. The van der Waals surface area contributed by atoms with Crippen molar-refractivity contribution in [3.05, 3.63) is 98.8 Å². The van der Waals surface area contributed by atoms with E-state index in [0.717, 1.165) is 25.1 Å². The van der Waals surface area contributed by atoms with Crippen LogP contribution in [-0.2, 0) is 31.2 Å². The molecule has 0 bridgehead atoms. The zero-order valence-electron chi connectivity index (χ0n) is 28.9. The van der Waals surface area contributed by atoms with E-state index in [0.29, 0.717) is 71.9 Å². The summed E-state index contributed by atoms with van der Waals surface area (Å²) >= 11 is 0. The molecule has 6 heterocycles. The second-order valence-electron chi connectivity index (χ2n) is 14.3. The normalized spacial score (nSPS) is 16.1. The van der Waals surface area contributed by atoms with E-state index in [4.69, 9.17) is 4.74 Å². The summed E-state index contributed by atoms with van der Waals surface area (Å²) in [4.78, 5) is 38.3. The largest absolute Gasteiger partial charge is 0.392 e. The van der Waals surface area contributed by atoms with Gasteiger partial charge >= 0.3 is 0 Å². The highest BCUT2D eigenvalue weighted by atomic mass is 16.5. The second-order valence-corrected chi connectivity index (χ2v) is 14.3. The Balaban J connectivity index is 1.11. The third-order valence-electron chi connectivity index (χ3n) is 9.65. The number of nitrogens with one attached hydrogen (secondary N) is 2. The van der Waals surface area contributed by atoms with Gasteiger partial charge in [-0.2, -0.15) is 0 Å². The quantitative estimate of drug-likeness (QED) is 0.155. The fourth-order valence-electron chi connectivity index (χ4n) is 7.14. The van der Waals surface area contributed by atoms with Gasteiger partial charge in [-0.3, -0.25) is 19.1 Å². The van der Waals surface area contributed by atoms with Gasteiger partial charge in [-0.05, 0) is 66.6 Å². The molecule has 0 saturated carbocycles. The second kappa shape index (κ2) is 13.5. The molecular formula is C37H44N8O5. The van der Waals surface area contributed by atoms with Crippen LogP contribution in [0, 0.1) is 5.41 Å². The molecule has 1 aliphatic carbocycles. The molecule has 0 spiro atoms. The van der Waals surface area contributed by atoms with Gasteiger partial charge in [-0.1, -0.05) is 13.8 Å². The van der Waals surface area contributed by atoms with Gasteiger partial charge in [-0.15, -0.1) is 0 Å². The smallest absolute Gasteiger partial charge is 0.280 e. The van der Waals surface area contributed by atoms with Crippen molar-refractivity contribution in [1.82, 2.24) is 28.4 Å². The van der Waals surface area contributed by atoms with Crippen molar-refractivity contribution in [1.29, 1.82) is 0 Å². The highest BCUT2D eigenvalue weighted by Crippen LogP contribution is 2.37. The average molecular weight is 681 g/mol. The minimum atomic E-state index is -0.414. The van der Waals surface area contributed by atoms with E-state index in [2.05, 4.69) is 39.3 Å². The molecule has 2 aliphatic rings. The molecule has 0 radical (unpaired) electrons. The fourth-order valence-corrected chi connectivity index (χ4v) is 7.14. The summed E-state index contributed by atoms with van der Waals surface area (Å²) in [6, 6.07) is 9.49. The molecule has 5 aromatic heterocycles. The van der Waals surface area contributed by atoms with Crippen molar-refractivity contribution in [3.8, 4) is 16.9 Å². The Bertz CT molecular complexity index is 2150. The third-order valence-corrected chi connectivity index (χ3v) is 9.65. The molecule has 7 rings (SSSR count). The minimum absolute atomic E-state index is 0.162. The van der Waals surface area contributed by atoms with Crippen LogP contribution in [0.2, 0.25) is 0 Å². The fraction of sp³-hybridized carbons (Fsp3) is 0.405. The number of hydrogen-bond donors (Lipinski definition) is 4. The monoisotopic (exact) mass is 680 g/mol. The predicted molar refractivity (Wildman–Crippen MR) is 192 cm³/mol. The number of nitrogens with zero attached hydrogens (tertiary/aromatic N) is 6. The first-order valence-electron chi connectivity index (χ1n) is 17.0. The van der Waals surface area contributed by atoms with Crippen LogP contribution in [0.5, 0.6) is 0 Å². The van der Waals surface area contributed by atoms with Crippen molar-refractivity contribution in [2.24, 2.45) is 12.5 Å². The molecule has 13 heteroatoms. The lowest BCUT2D eigenvalue weighted by Gasteiger charge is -2.38. The molecule has 0 amide bonds. The summed E-state index contributed by atoms with van der Waals surface area (Å²) in [5, 5.41) is 27.0. The van der Waals surface area contributed by atoms with Crippen LogP contribution in [0.15, 0.2) is 70.9 Å². The van der Waals surface area contributed by atoms with Gasteiger partial charge in [0.15, 0.2) is 0 Å². The number of anilines is 3. The number of fused-ring (bicyclic) bond motifs is 3. The van der Waals surface area contributed by atoms with Crippen LogP contribution in [0.1, 0.15) is 37.6 Å². The number of hydrogen-bond acceptors (Lipinski definition) is 10. The highest BCUT2D eigenvalue weighted by molar-refractivity contribution is 5.73. The SMILES string of the molecule is CC(O)CN(CCNc1ccc(Nc2cc(-c3ccnc(-n4ccn5c6c(cc5c4=O)CC(C)(C)C6)c3CO)cn(C)c2=O)nc1)C1COC1. The van der Waals surface area contributed by atoms with Crippen molar-refractivity contribution in [3.63, 3.8) is 0 Å². The van der Waals surface area contributed by atoms with Gasteiger partial charge in [0.25, 0.3) is 11.1 Å². The molecule has 1 fully saturated rings. The molecule has 1 saturated heterocycles. The number of ether oxygens (including phenoxy) is 1. The Kier molecular flexibility index (Phi) is 9.07. The number of aliphatic hydroxyl groups excluding tert-OH is 2. The van der Waals surface area contributed by atoms with Crippen molar-refractivity contribution >= 4 is 22.7 Å². The average Bonchev–Trinajstić information content (AvgIpc) is 3.54. The predicted octanol–water partition coefficient (Wildman–Crippen LogP) is 3.10. The van der Waals surface area contributed by atoms with E-state index in [9.17, 15) is 19.8 Å². The molecule has 5 aromatic rings. The Labute approximate surface area is 289 Å².